The highest BCUT2D eigenvalue weighted by molar-refractivity contribution is 7.48. The molecule has 0 aliphatic heterocycles. The number of rotatable bonds is 9. The van der Waals surface area contributed by atoms with Gasteiger partial charge in [-0.15, -0.1) is 0 Å². The molecule has 10 heteroatoms. The quantitative estimate of drug-likeness (QED) is 0.349. The minimum absolute atomic E-state index is 0.0105. The van der Waals surface area contributed by atoms with Crippen LogP contribution in [0.2, 0.25) is 0 Å². The molecule has 0 aromatic heterocycles. The second-order valence-electron chi connectivity index (χ2n) is 5.03. The van der Waals surface area contributed by atoms with Crippen molar-refractivity contribution in [2.75, 3.05) is 7.11 Å². The molecule has 0 aliphatic rings. The molecule has 136 valence electrons. The molecule has 0 spiro atoms. The molecular weight excluding hydrogens is 331 g/mol. The second-order valence-corrected chi connectivity index (χ2v) is 6.56. The molecule has 0 saturated heterocycles. The van der Waals surface area contributed by atoms with Crippen molar-refractivity contribution in [2.24, 2.45) is 5.92 Å². The number of ether oxygens (including phenoxy) is 3. The summed E-state index contributed by atoms with van der Waals surface area (Å²) in [5, 5.41) is 0. The zero-order chi connectivity index (χ0) is 18.2. The number of carbonyl (C=O) groups is 2. The zero-order valence-corrected chi connectivity index (χ0v) is 15.3. The third-order valence-electron chi connectivity index (χ3n) is 2.55. The summed E-state index contributed by atoms with van der Waals surface area (Å²) >= 11 is 0. The second kappa shape index (κ2) is 9.87. The normalized spacial score (nSPS) is 17.7. The van der Waals surface area contributed by atoms with Crippen LogP contribution in [0.3, 0.4) is 0 Å². The number of phosphoric acid groups is 1. The highest BCUT2D eigenvalue weighted by Crippen LogP contribution is 2.53. The van der Waals surface area contributed by atoms with Gasteiger partial charge in [0.1, 0.15) is 0 Å². The first-order chi connectivity index (χ1) is 10.5. The minimum atomic E-state index is -4.17. The van der Waals surface area contributed by atoms with Gasteiger partial charge in [-0.1, -0.05) is 13.8 Å². The molecule has 0 rings (SSSR count). The number of hydrogen-bond donors (Lipinski definition) is 0. The summed E-state index contributed by atoms with van der Waals surface area (Å²) in [5.41, 5.74) is 0. The molecule has 0 aliphatic carbocycles. The van der Waals surface area contributed by atoms with Gasteiger partial charge in [-0.2, -0.15) is 0 Å². The Bertz CT molecular complexity index is 437. The van der Waals surface area contributed by atoms with Crippen molar-refractivity contribution in [3.63, 3.8) is 0 Å². The van der Waals surface area contributed by atoms with Crippen LogP contribution in [0.15, 0.2) is 0 Å². The lowest BCUT2D eigenvalue weighted by atomic mass is 10.1. The lowest BCUT2D eigenvalue weighted by Gasteiger charge is -2.27. The van der Waals surface area contributed by atoms with E-state index >= 15 is 0 Å². The average Bonchev–Trinajstić information content (AvgIpc) is 2.35. The first-order valence-electron chi connectivity index (χ1n) is 7.06. The van der Waals surface area contributed by atoms with Crippen LogP contribution in [-0.2, 0) is 37.1 Å². The fourth-order valence-corrected chi connectivity index (χ4v) is 2.84. The van der Waals surface area contributed by atoms with Crippen molar-refractivity contribution >= 4 is 19.9 Å². The highest BCUT2D eigenvalue weighted by atomic mass is 31.2. The van der Waals surface area contributed by atoms with E-state index in [1.54, 1.807) is 6.92 Å². The third-order valence-corrected chi connectivity index (χ3v) is 4.25. The third kappa shape index (κ3) is 9.55. The lowest BCUT2D eigenvalue weighted by Crippen LogP contribution is -2.24. The minimum Gasteiger partial charge on any atom is -0.438 e. The van der Waals surface area contributed by atoms with E-state index in [0.29, 0.717) is 0 Å². The molecule has 0 aromatic rings. The Balaban J connectivity index is 5.01. The van der Waals surface area contributed by atoms with Crippen molar-refractivity contribution in [1.29, 1.82) is 0 Å². The van der Waals surface area contributed by atoms with Crippen LogP contribution in [0.25, 0.3) is 0 Å². The predicted molar refractivity (Wildman–Crippen MR) is 79.3 cm³/mol. The fraction of sp³-hybridized carbons (Fsp3) is 0.846. The molecule has 0 fully saturated rings. The Morgan fingerprint density at radius 1 is 0.870 bits per heavy atom. The Kier molecular flexibility index (Phi) is 9.38. The van der Waals surface area contributed by atoms with Crippen molar-refractivity contribution in [3.8, 4) is 0 Å². The Morgan fingerprint density at radius 2 is 1.35 bits per heavy atom. The van der Waals surface area contributed by atoms with Gasteiger partial charge in [0.2, 0.25) is 12.6 Å². The van der Waals surface area contributed by atoms with Crippen LogP contribution in [0.1, 0.15) is 41.5 Å². The topological polar surface area (TPSA) is 107 Å². The molecule has 0 heterocycles. The first kappa shape index (κ1) is 21.9. The lowest BCUT2D eigenvalue weighted by molar-refractivity contribution is -0.163. The van der Waals surface area contributed by atoms with E-state index in [4.69, 9.17) is 18.3 Å². The van der Waals surface area contributed by atoms with Gasteiger partial charge in [0, 0.05) is 6.92 Å². The molecule has 23 heavy (non-hydrogen) atoms. The fourth-order valence-electron chi connectivity index (χ4n) is 1.22. The maximum Gasteiger partial charge on any atom is 0.510 e. The van der Waals surface area contributed by atoms with Crippen LogP contribution in [0.4, 0.5) is 4.79 Å². The molecule has 4 atom stereocenters. The standard InChI is InChI=1S/C13H25O9P/c1-8(2)9(3)20-23(16,21-11(5)18-10(4)14)22-12(6)19-13(15)17-7/h8-9,11-12H,1-7H3. The van der Waals surface area contributed by atoms with Crippen molar-refractivity contribution in [1.82, 2.24) is 0 Å². The monoisotopic (exact) mass is 356 g/mol. The zero-order valence-electron chi connectivity index (χ0n) is 14.4. The van der Waals surface area contributed by atoms with Gasteiger partial charge >= 0.3 is 19.9 Å². The van der Waals surface area contributed by atoms with Gasteiger partial charge in [0.05, 0.1) is 13.2 Å². The summed E-state index contributed by atoms with van der Waals surface area (Å²) in [5.74, 6) is -0.615. The van der Waals surface area contributed by atoms with Gasteiger partial charge in [0.25, 0.3) is 0 Å². The van der Waals surface area contributed by atoms with Gasteiger partial charge in [0.15, 0.2) is 0 Å². The Labute approximate surface area is 136 Å². The summed E-state index contributed by atoms with van der Waals surface area (Å²) < 4.78 is 41.9. The average molecular weight is 356 g/mol. The molecule has 0 N–H and O–H groups in total. The summed E-state index contributed by atoms with van der Waals surface area (Å²) in [6.07, 6.45) is -3.95. The van der Waals surface area contributed by atoms with E-state index in [9.17, 15) is 14.2 Å². The van der Waals surface area contributed by atoms with E-state index < -0.39 is 38.6 Å². The summed E-state index contributed by atoms with van der Waals surface area (Å²) in [4.78, 5) is 22.0. The predicted octanol–water partition coefficient (Wildman–Crippen LogP) is 3.23. The van der Waals surface area contributed by atoms with E-state index in [0.717, 1.165) is 7.11 Å². The smallest absolute Gasteiger partial charge is 0.438 e. The molecule has 0 aromatic carbocycles. The van der Waals surface area contributed by atoms with Gasteiger partial charge < -0.3 is 14.2 Å². The number of esters is 1. The Morgan fingerprint density at radius 3 is 1.74 bits per heavy atom. The number of methoxy groups -OCH3 is 1. The Hall–Kier alpha value is -1.15. The molecule has 0 amide bonds. The molecule has 9 nitrogen and oxygen atoms in total. The summed E-state index contributed by atoms with van der Waals surface area (Å²) in [6.45, 7) is 9.20. The van der Waals surface area contributed by atoms with Gasteiger partial charge in [-0.25, -0.2) is 18.4 Å². The van der Waals surface area contributed by atoms with E-state index in [-0.39, 0.29) is 5.92 Å². The summed E-state index contributed by atoms with van der Waals surface area (Å²) in [6, 6.07) is 0. The van der Waals surface area contributed by atoms with Gasteiger partial charge in [-0.05, 0) is 26.7 Å². The number of carbonyl (C=O) groups excluding carboxylic acids is 2. The van der Waals surface area contributed by atoms with Gasteiger partial charge in [-0.3, -0.25) is 9.32 Å². The van der Waals surface area contributed by atoms with Crippen molar-refractivity contribution in [3.05, 3.63) is 0 Å². The maximum absolute atomic E-state index is 12.7. The maximum atomic E-state index is 12.7. The summed E-state index contributed by atoms with van der Waals surface area (Å²) in [7, 11) is -3.06. The van der Waals surface area contributed by atoms with Crippen LogP contribution >= 0.6 is 7.82 Å². The van der Waals surface area contributed by atoms with E-state index in [2.05, 4.69) is 9.47 Å². The molecule has 0 bridgehead atoms. The molecule has 4 unspecified atom stereocenters. The van der Waals surface area contributed by atoms with Crippen LogP contribution in [0.5, 0.6) is 0 Å². The SMILES string of the molecule is COC(=O)OC(C)OP(=O)(OC(C)OC(C)=O)OC(C)C(C)C. The first-order valence-corrected chi connectivity index (χ1v) is 8.52. The highest BCUT2D eigenvalue weighted by Gasteiger charge is 2.36. The largest absolute Gasteiger partial charge is 0.510 e. The van der Waals surface area contributed by atoms with E-state index in [1.165, 1.54) is 20.8 Å². The van der Waals surface area contributed by atoms with Crippen molar-refractivity contribution < 1.29 is 41.9 Å². The molecule has 0 saturated carbocycles. The molecule has 0 radical (unpaired) electrons. The van der Waals surface area contributed by atoms with Crippen LogP contribution < -0.4 is 0 Å². The van der Waals surface area contributed by atoms with Crippen LogP contribution in [0, 0.1) is 5.92 Å². The van der Waals surface area contributed by atoms with Crippen LogP contribution in [-0.4, -0.2) is 37.9 Å². The van der Waals surface area contributed by atoms with Crippen molar-refractivity contribution in [2.45, 2.75) is 60.2 Å². The number of hydrogen-bond acceptors (Lipinski definition) is 9. The number of phosphoric ester groups is 1. The molecular formula is C13H25O9P. The van der Waals surface area contributed by atoms with E-state index in [1.807, 2.05) is 13.8 Å².